The Morgan fingerprint density at radius 3 is 2.80 bits per heavy atom. The van der Waals surface area contributed by atoms with E-state index in [2.05, 4.69) is 29.2 Å². The van der Waals surface area contributed by atoms with Gasteiger partial charge in [0.15, 0.2) is 0 Å². The van der Waals surface area contributed by atoms with E-state index in [1.54, 1.807) is 12.3 Å². The molecule has 2 aromatic carbocycles. The van der Waals surface area contributed by atoms with Crippen LogP contribution in [0.4, 0.5) is 0 Å². The van der Waals surface area contributed by atoms with Crippen molar-refractivity contribution >= 4 is 22.4 Å². The fourth-order valence-electron chi connectivity index (χ4n) is 6.11. The van der Waals surface area contributed by atoms with Crippen molar-refractivity contribution in [3.63, 3.8) is 0 Å². The number of hydrogen-bond acceptors (Lipinski definition) is 3. The van der Waals surface area contributed by atoms with Gasteiger partial charge in [-0.1, -0.05) is 41.9 Å². The number of halogens is 1. The fraction of sp³-hybridized carbons (Fsp3) is 0.320. The summed E-state index contributed by atoms with van der Waals surface area (Å²) < 4.78 is 6.45. The van der Waals surface area contributed by atoms with Gasteiger partial charge in [0.2, 0.25) is 0 Å². The average molecular weight is 419 g/mol. The van der Waals surface area contributed by atoms with Gasteiger partial charge in [0, 0.05) is 23.5 Å². The van der Waals surface area contributed by atoms with Crippen molar-refractivity contribution in [1.82, 2.24) is 4.98 Å². The number of fused-ring (bicyclic) bond motifs is 2. The second-order valence-corrected chi connectivity index (χ2v) is 9.47. The van der Waals surface area contributed by atoms with Crippen molar-refractivity contribution in [1.29, 1.82) is 0 Å². The van der Waals surface area contributed by atoms with Crippen LogP contribution in [-0.2, 0) is 5.54 Å². The van der Waals surface area contributed by atoms with Crippen LogP contribution in [0.2, 0.25) is 5.02 Å². The maximum Gasteiger partial charge on any atom is 0.255 e. The van der Waals surface area contributed by atoms with Crippen molar-refractivity contribution in [2.45, 2.75) is 31.2 Å². The highest BCUT2D eigenvalue weighted by atomic mass is 35.5. The first-order chi connectivity index (χ1) is 14.5. The molecule has 152 valence electrons. The zero-order valence-corrected chi connectivity index (χ0v) is 17.3. The lowest BCUT2D eigenvalue weighted by Crippen LogP contribution is -2.41. The van der Waals surface area contributed by atoms with Gasteiger partial charge >= 0.3 is 0 Å². The predicted octanol–water partition coefficient (Wildman–Crippen LogP) is 5.12. The molecular weight excluding hydrogens is 396 g/mol. The highest BCUT2D eigenvalue weighted by Crippen LogP contribution is 2.62. The van der Waals surface area contributed by atoms with Crippen LogP contribution in [0.1, 0.15) is 31.2 Å². The van der Waals surface area contributed by atoms with Crippen LogP contribution in [0.3, 0.4) is 0 Å². The van der Waals surface area contributed by atoms with Gasteiger partial charge in [-0.05, 0) is 71.7 Å². The van der Waals surface area contributed by atoms with Crippen LogP contribution in [0, 0.1) is 17.8 Å². The molecule has 4 nitrogen and oxygen atoms in total. The summed E-state index contributed by atoms with van der Waals surface area (Å²) in [6.45, 7) is 0. The minimum atomic E-state index is -0.328. The summed E-state index contributed by atoms with van der Waals surface area (Å²) in [6, 6.07) is 16.0. The third kappa shape index (κ3) is 2.60. The van der Waals surface area contributed by atoms with E-state index >= 15 is 0 Å². The molecule has 0 amide bonds. The molecule has 0 radical (unpaired) electrons. The zero-order valence-electron chi connectivity index (χ0n) is 16.5. The Bertz CT molecular complexity index is 1250. The van der Waals surface area contributed by atoms with E-state index < -0.39 is 0 Å². The summed E-state index contributed by atoms with van der Waals surface area (Å²) in [6.07, 6.45) is 5.78. The summed E-state index contributed by atoms with van der Waals surface area (Å²) in [7, 11) is 0. The lowest BCUT2D eigenvalue weighted by Gasteiger charge is -2.32. The maximum atomic E-state index is 12.1. The molecule has 1 heterocycles. The normalized spacial score (nSPS) is 29.6. The Labute approximate surface area is 179 Å². The standard InChI is InChI=1S/C25H23ClN2O2/c26-21-12-17-15(6-7-28-24(17)29)11-23(21)30-22-10-14-8-18-19(22)13-25(27,20(18)9-14)16-4-2-1-3-5-16/h1-7,11-12,14,18,20H,8-10,13,27H2,(H,28,29). The van der Waals surface area contributed by atoms with Gasteiger partial charge in [-0.15, -0.1) is 0 Å². The molecule has 3 aliphatic rings. The van der Waals surface area contributed by atoms with Gasteiger partial charge in [-0.2, -0.15) is 0 Å². The smallest absolute Gasteiger partial charge is 0.255 e. The Morgan fingerprint density at radius 2 is 1.97 bits per heavy atom. The molecule has 3 aliphatic carbocycles. The molecule has 0 aliphatic heterocycles. The van der Waals surface area contributed by atoms with Crippen LogP contribution in [-0.4, -0.2) is 4.98 Å². The minimum absolute atomic E-state index is 0.145. The van der Waals surface area contributed by atoms with Crippen LogP contribution >= 0.6 is 11.6 Å². The number of allylic oxidation sites excluding steroid dienone is 1. The minimum Gasteiger partial charge on any atom is -0.460 e. The van der Waals surface area contributed by atoms with Crippen LogP contribution in [0.15, 0.2) is 70.9 Å². The number of rotatable bonds is 3. The van der Waals surface area contributed by atoms with E-state index in [1.807, 2.05) is 18.2 Å². The number of nitrogens with one attached hydrogen (secondary N) is 1. The van der Waals surface area contributed by atoms with E-state index in [0.717, 1.165) is 30.4 Å². The zero-order chi connectivity index (χ0) is 20.5. The van der Waals surface area contributed by atoms with Crippen molar-refractivity contribution in [3.8, 4) is 5.75 Å². The fourth-order valence-corrected chi connectivity index (χ4v) is 6.31. The lowest BCUT2D eigenvalue weighted by molar-refractivity contribution is 0.285. The number of H-pyrrole nitrogens is 1. The molecule has 2 saturated carbocycles. The number of hydrogen-bond donors (Lipinski definition) is 2. The third-order valence-electron chi connectivity index (χ3n) is 7.46. The number of nitrogens with two attached hydrogens (primary N) is 1. The van der Waals surface area contributed by atoms with E-state index in [0.29, 0.717) is 33.9 Å². The Kier molecular flexibility index (Phi) is 3.93. The SMILES string of the molecule is NC1(c2ccccc2)CC2=C(Oc3cc4cc[nH]c(=O)c4cc3Cl)CC3CC2C1C3. The van der Waals surface area contributed by atoms with Gasteiger partial charge in [-0.25, -0.2) is 0 Å². The number of pyridine rings is 1. The Morgan fingerprint density at radius 1 is 1.13 bits per heavy atom. The molecular formula is C25H23ClN2O2. The number of ether oxygens (including phenoxy) is 1. The molecule has 6 rings (SSSR count). The first kappa shape index (κ1) is 18.2. The Hall–Kier alpha value is -2.56. The molecule has 2 bridgehead atoms. The molecule has 4 unspecified atom stereocenters. The molecule has 3 N–H and O–H groups in total. The maximum absolute atomic E-state index is 12.1. The highest BCUT2D eigenvalue weighted by Gasteiger charge is 2.57. The third-order valence-corrected chi connectivity index (χ3v) is 7.75. The molecule has 30 heavy (non-hydrogen) atoms. The van der Waals surface area contributed by atoms with Crippen LogP contribution in [0.25, 0.3) is 10.8 Å². The topological polar surface area (TPSA) is 68.1 Å². The molecule has 0 spiro atoms. The van der Waals surface area contributed by atoms with Crippen LogP contribution in [0.5, 0.6) is 5.75 Å². The second kappa shape index (κ2) is 6.47. The van der Waals surface area contributed by atoms with Gasteiger partial charge in [0.25, 0.3) is 5.56 Å². The van der Waals surface area contributed by atoms with Gasteiger partial charge < -0.3 is 15.5 Å². The first-order valence-electron chi connectivity index (χ1n) is 10.6. The lowest BCUT2D eigenvalue weighted by atomic mass is 9.78. The molecule has 5 heteroatoms. The van der Waals surface area contributed by atoms with Crippen molar-refractivity contribution in [2.75, 3.05) is 0 Å². The predicted molar refractivity (Wildman–Crippen MR) is 118 cm³/mol. The van der Waals surface area contributed by atoms with Crippen LogP contribution < -0.4 is 16.0 Å². The molecule has 3 aromatic rings. The van der Waals surface area contributed by atoms with E-state index in [9.17, 15) is 4.79 Å². The van der Waals surface area contributed by atoms with Crippen molar-refractivity contribution in [3.05, 3.63) is 87.0 Å². The van der Waals surface area contributed by atoms with Gasteiger partial charge in [0.05, 0.1) is 5.02 Å². The van der Waals surface area contributed by atoms with Gasteiger partial charge in [0.1, 0.15) is 11.5 Å². The Balaban J connectivity index is 1.41. The summed E-state index contributed by atoms with van der Waals surface area (Å²) in [4.78, 5) is 14.7. The monoisotopic (exact) mass is 418 g/mol. The van der Waals surface area contributed by atoms with Crippen molar-refractivity contribution < 1.29 is 4.74 Å². The largest absolute Gasteiger partial charge is 0.460 e. The molecule has 2 fully saturated rings. The summed E-state index contributed by atoms with van der Waals surface area (Å²) >= 11 is 6.51. The average Bonchev–Trinajstić information content (AvgIpc) is 3.25. The number of benzene rings is 2. The number of aromatic amines is 1. The summed E-state index contributed by atoms with van der Waals surface area (Å²) in [5.41, 5.74) is 9.19. The molecule has 1 aromatic heterocycles. The first-order valence-corrected chi connectivity index (χ1v) is 11.0. The van der Waals surface area contributed by atoms with E-state index in [1.165, 1.54) is 17.6 Å². The number of aromatic nitrogens is 1. The van der Waals surface area contributed by atoms with E-state index in [4.69, 9.17) is 22.1 Å². The van der Waals surface area contributed by atoms with Crippen molar-refractivity contribution in [2.24, 2.45) is 23.5 Å². The molecule has 4 atom stereocenters. The summed E-state index contributed by atoms with van der Waals surface area (Å²) in [5.74, 6) is 3.21. The highest BCUT2D eigenvalue weighted by molar-refractivity contribution is 6.32. The summed E-state index contributed by atoms with van der Waals surface area (Å²) in [5, 5.41) is 1.85. The quantitative estimate of drug-likeness (QED) is 0.620. The van der Waals surface area contributed by atoms with Gasteiger partial charge in [-0.3, -0.25) is 4.79 Å². The molecule has 0 saturated heterocycles. The van der Waals surface area contributed by atoms with E-state index in [-0.39, 0.29) is 11.1 Å². The second-order valence-electron chi connectivity index (χ2n) is 9.06.